The van der Waals surface area contributed by atoms with Gasteiger partial charge in [-0.15, -0.1) is 0 Å². The molecule has 1 aromatic carbocycles. The summed E-state index contributed by atoms with van der Waals surface area (Å²) in [6.07, 6.45) is 4.65. The molecule has 0 saturated heterocycles. The van der Waals surface area contributed by atoms with Gasteiger partial charge in [0.25, 0.3) is 0 Å². The van der Waals surface area contributed by atoms with Gasteiger partial charge in [-0.1, -0.05) is 22.0 Å². The van der Waals surface area contributed by atoms with E-state index in [2.05, 4.69) is 28.0 Å². The molecular formula is C14H18BrN3O. The minimum absolute atomic E-state index is 0.0995. The third kappa shape index (κ3) is 3.36. The molecule has 2 rings (SSSR count). The number of aryl methyl sites for hydroxylation is 1. The highest BCUT2D eigenvalue weighted by atomic mass is 79.9. The zero-order chi connectivity index (χ0) is 13.8. The third-order valence-corrected chi connectivity index (χ3v) is 3.55. The first kappa shape index (κ1) is 14.1. The zero-order valence-electron chi connectivity index (χ0n) is 11.1. The van der Waals surface area contributed by atoms with Crippen molar-refractivity contribution in [3.8, 4) is 5.75 Å². The highest BCUT2D eigenvalue weighted by Gasteiger charge is 2.13. The van der Waals surface area contributed by atoms with E-state index in [1.54, 1.807) is 7.11 Å². The molecule has 0 saturated carbocycles. The smallest absolute Gasteiger partial charge is 0.124 e. The first-order chi connectivity index (χ1) is 9.13. The molecular weight excluding hydrogens is 306 g/mol. The number of benzene rings is 1. The van der Waals surface area contributed by atoms with Crippen LogP contribution in [0, 0.1) is 0 Å². The molecule has 1 unspecified atom stereocenters. The number of nitrogens with zero attached hydrogens (tertiary/aromatic N) is 2. The van der Waals surface area contributed by atoms with Gasteiger partial charge < -0.3 is 10.5 Å². The maximum atomic E-state index is 6.27. The molecule has 0 bridgehead atoms. The summed E-state index contributed by atoms with van der Waals surface area (Å²) < 4.78 is 8.27. The maximum absolute atomic E-state index is 6.27. The summed E-state index contributed by atoms with van der Waals surface area (Å²) in [6.45, 7) is 2.94. The molecule has 0 aliphatic heterocycles. The molecule has 102 valence electrons. The summed E-state index contributed by atoms with van der Waals surface area (Å²) in [5.74, 6) is 0.810. The normalized spacial score (nSPS) is 12.4. The van der Waals surface area contributed by atoms with Crippen molar-refractivity contribution < 1.29 is 4.74 Å². The number of rotatable bonds is 5. The van der Waals surface area contributed by atoms with Crippen LogP contribution in [0.15, 0.2) is 35.1 Å². The second-order valence-corrected chi connectivity index (χ2v) is 5.32. The van der Waals surface area contributed by atoms with Gasteiger partial charge in [-0.05, 0) is 31.0 Å². The number of hydrogen-bond donors (Lipinski definition) is 1. The second-order valence-electron chi connectivity index (χ2n) is 4.40. The summed E-state index contributed by atoms with van der Waals surface area (Å²) in [6, 6.07) is 5.81. The lowest BCUT2D eigenvalue weighted by molar-refractivity contribution is 0.405. The maximum Gasteiger partial charge on any atom is 0.124 e. The summed E-state index contributed by atoms with van der Waals surface area (Å²) in [4.78, 5) is 0. The highest BCUT2D eigenvalue weighted by Crippen LogP contribution is 2.29. The SMILES string of the molecule is CCn1cc(CC(N)c2ccc(Br)cc2OC)cn1. The second kappa shape index (κ2) is 6.21. The predicted molar refractivity (Wildman–Crippen MR) is 79.2 cm³/mol. The van der Waals surface area contributed by atoms with Crippen molar-refractivity contribution in [1.82, 2.24) is 9.78 Å². The number of methoxy groups -OCH3 is 1. The molecule has 0 amide bonds. The van der Waals surface area contributed by atoms with Crippen LogP contribution in [0.4, 0.5) is 0 Å². The Labute approximate surface area is 121 Å². The van der Waals surface area contributed by atoms with Crippen molar-refractivity contribution in [3.63, 3.8) is 0 Å². The lowest BCUT2D eigenvalue weighted by Crippen LogP contribution is -2.14. The predicted octanol–water partition coefficient (Wildman–Crippen LogP) is 2.92. The number of hydrogen-bond acceptors (Lipinski definition) is 3. The molecule has 0 aliphatic carbocycles. The molecule has 5 heteroatoms. The van der Waals surface area contributed by atoms with E-state index in [4.69, 9.17) is 10.5 Å². The number of nitrogens with two attached hydrogens (primary N) is 1. The Morgan fingerprint density at radius 3 is 2.89 bits per heavy atom. The van der Waals surface area contributed by atoms with Crippen LogP contribution in [-0.4, -0.2) is 16.9 Å². The van der Waals surface area contributed by atoms with Gasteiger partial charge >= 0.3 is 0 Å². The molecule has 2 aromatic rings. The van der Waals surface area contributed by atoms with Crippen molar-refractivity contribution in [3.05, 3.63) is 46.2 Å². The molecule has 1 heterocycles. The van der Waals surface area contributed by atoms with Crippen molar-refractivity contribution in [1.29, 1.82) is 0 Å². The van der Waals surface area contributed by atoms with Crippen LogP contribution in [0.2, 0.25) is 0 Å². The summed E-state index contributed by atoms with van der Waals surface area (Å²) in [5.41, 5.74) is 8.42. The molecule has 0 spiro atoms. The molecule has 1 atom stereocenters. The van der Waals surface area contributed by atoms with E-state index in [1.165, 1.54) is 0 Å². The number of aromatic nitrogens is 2. The zero-order valence-corrected chi connectivity index (χ0v) is 12.7. The summed E-state index contributed by atoms with van der Waals surface area (Å²) >= 11 is 3.43. The van der Waals surface area contributed by atoms with Gasteiger partial charge in [-0.25, -0.2) is 0 Å². The molecule has 4 nitrogen and oxygen atoms in total. The van der Waals surface area contributed by atoms with Gasteiger partial charge in [0.05, 0.1) is 13.3 Å². The van der Waals surface area contributed by atoms with Crippen LogP contribution in [0.1, 0.15) is 24.1 Å². The number of ether oxygens (including phenoxy) is 1. The third-order valence-electron chi connectivity index (χ3n) is 3.06. The average Bonchev–Trinajstić information content (AvgIpc) is 2.86. The standard InChI is InChI=1S/C14H18BrN3O/c1-3-18-9-10(8-17-18)6-13(16)12-5-4-11(15)7-14(12)19-2/h4-5,7-9,13H,3,6,16H2,1-2H3. The van der Waals surface area contributed by atoms with Crippen LogP contribution >= 0.6 is 15.9 Å². The summed E-state index contributed by atoms with van der Waals surface area (Å²) in [7, 11) is 1.66. The van der Waals surface area contributed by atoms with Gasteiger partial charge in [0.2, 0.25) is 0 Å². The van der Waals surface area contributed by atoms with E-state index >= 15 is 0 Å². The van der Waals surface area contributed by atoms with E-state index < -0.39 is 0 Å². The highest BCUT2D eigenvalue weighted by molar-refractivity contribution is 9.10. The molecule has 0 fully saturated rings. The van der Waals surface area contributed by atoms with Gasteiger partial charge in [0.15, 0.2) is 0 Å². The fraction of sp³-hybridized carbons (Fsp3) is 0.357. The van der Waals surface area contributed by atoms with Crippen LogP contribution in [0.25, 0.3) is 0 Å². The fourth-order valence-corrected chi connectivity index (χ4v) is 2.38. The first-order valence-corrected chi connectivity index (χ1v) is 7.03. The largest absolute Gasteiger partial charge is 0.496 e. The topological polar surface area (TPSA) is 53.1 Å². The Morgan fingerprint density at radius 2 is 2.26 bits per heavy atom. The summed E-state index contributed by atoms with van der Waals surface area (Å²) in [5, 5.41) is 4.26. The van der Waals surface area contributed by atoms with Gasteiger partial charge in [0, 0.05) is 28.8 Å². The Morgan fingerprint density at radius 1 is 1.47 bits per heavy atom. The van der Waals surface area contributed by atoms with E-state index in [9.17, 15) is 0 Å². The Bertz CT molecular complexity index is 553. The molecule has 0 radical (unpaired) electrons. The monoisotopic (exact) mass is 323 g/mol. The van der Waals surface area contributed by atoms with Crippen LogP contribution in [-0.2, 0) is 13.0 Å². The lowest BCUT2D eigenvalue weighted by Gasteiger charge is -2.15. The first-order valence-electron chi connectivity index (χ1n) is 6.24. The van der Waals surface area contributed by atoms with Gasteiger partial charge in [-0.2, -0.15) is 5.10 Å². The van der Waals surface area contributed by atoms with Crippen LogP contribution in [0.3, 0.4) is 0 Å². The molecule has 19 heavy (non-hydrogen) atoms. The van der Waals surface area contributed by atoms with E-state index in [0.717, 1.165) is 34.3 Å². The van der Waals surface area contributed by atoms with E-state index in [-0.39, 0.29) is 6.04 Å². The Balaban J connectivity index is 2.17. The van der Waals surface area contributed by atoms with Gasteiger partial charge in [-0.3, -0.25) is 4.68 Å². The minimum atomic E-state index is -0.0995. The lowest BCUT2D eigenvalue weighted by atomic mass is 10.0. The van der Waals surface area contributed by atoms with Crippen LogP contribution < -0.4 is 10.5 Å². The van der Waals surface area contributed by atoms with Crippen LogP contribution in [0.5, 0.6) is 5.75 Å². The Kier molecular flexibility index (Phi) is 4.61. The van der Waals surface area contributed by atoms with E-state index in [0.29, 0.717) is 0 Å². The van der Waals surface area contributed by atoms with Crippen molar-refractivity contribution in [2.75, 3.05) is 7.11 Å². The average molecular weight is 324 g/mol. The molecule has 1 aromatic heterocycles. The molecule has 0 aliphatic rings. The van der Waals surface area contributed by atoms with Crippen molar-refractivity contribution >= 4 is 15.9 Å². The van der Waals surface area contributed by atoms with Crippen molar-refractivity contribution in [2.45, 2.75) is 25.9 Å². The van der Waals surface area contributed by atoms with Crippen molar-refractivity contribution in [2.24, 2.45) is 5.73 Å². The fourth-order valence-electron chi connectivity index (χ4n) is 2.04. The quantitative estimate of drug-likeness (QED) is 0.920. The Hall–Kier alpha value is -1.33. The number of halogens is 1. The minimum Gasteiger partial charge on any atom is -0.496 e. The van der Waals surface area contributed by atoms with E-state index in [1.807, 2.05) is 35.3 Å². The van der Waals surface area contributed by atoms with Gasteiger partial charge in [0.1, 0.15) is 5.75 Å². The molecule has 2 N–H and O–H groups in total.